The molecule has 132 valence electrons. The molecule has 0 spiro atoms. The van der Waals surface area contributed by atoms with Crippen molar-refractivity contribution in [1.82, 2.24) is 30.3 Å². The van der Waals surface area contributed by atoms with Crippen LogP contribution in [0.4, 0.5) is 16.2 Å². The van der Waals surface area contributed by atoms with E-state index in [0.717, 1.165) is 10.9 Å². The van der Waals surface area contributed by atoms with Crippen molar-refractivity contribution in [1.29, 1.82) is 0 Å². The van der Waals surface area contributed by atoms with E-state index in [1.165, 1.54) is 0 Å². The summed E-state index contributed by atoms with van der Waals surface area (Å²) in [5.74, 6) is 0. The van der Waals surface area contributed by atoms with Gasteiger partial charge in [0.25, 0.3) is 0 Å². The van der Waals surface area contributed by atoms with Crippen LogP contribution in [0.2, 0.25) is 0 Å². The number of tetrazole rings is 1. The zero-order chi connectivity index (χ0) is 18.0. The third-order valence-corrected chi connectivity index (χ3v) is 3.37. The monoisotopic (exact) mass is 344 g/mol. The Morgan fingerprint density at radius 3 is 2.92 bits per heavy atom. The minimum Gasteiger partial charge on any atom is -0.444 e. The summed E-state index contributed by atoms with van der Waals surface area (Å²) in [4.78, 5) is 15.8. The maximum absolute atomic E-state index is 11.7. The highest BCUT2D eigenvalue weighted by atomic mass is 16.6. The van der Waals surface area contributed by atoms with Crippen LogP contribution in [-0.4, -0.2) is 49.8 Å². The van der Waals surface area contributed by atoms with Crippen LogP contribution in [0.3, 0.4) is 0 Å². The number of alkyl carbamates (subject to hydrolysis) is 1. The van der Waals surface area contributed by atoms with Crippen LogP contribution in [0.5, 0.6) is 0 Å². The van der Waals surface area contributed by atoms with Crippen LogP contribution >= 0.6 is 0 Å². The summed E-state index contributed by atoms with van der Waals surface area (Å²) >= 11 is 0. The van der Waals surface area contributed by atoms with Gasteiger partial charge in [-0.2, -0.15) is 4.52 Å². The number of rotatable bonds is 4. The summed E-state index contributed by atoms with van der Waals surface area (Å²) in [7, 11) is 0. The number of nitrogen functional groups attached to an aromatic ring is 1. The molecule has 0 aliphatic carbocycles. The van der Waals surface area contributed by atoms with Crippen molar-refractivity contribution in [2.24, 2.45) is 0 Å². The third-order valence-electron chi connectivity index (χ3n) is 3.37. The Kier molecular flexibility index (Phi) is 4.26. The molecule has 3 aromatic heterocycles. The molecule has 0 radical (unpaired) electrons. The lowest BCUT2D eigenvalue weighted by atomic mass is 10.2. The number of aromatic nitrogens is 5. The molecule has 0 aliphatic rings. The Morgan fingerprint density at radius 2 is 2.16 bits per heavy atom. The number of hydrogen-bond acceptors (Lipinski definition) is 8. The molecule has 4 N–H and O–H groups in total. The van der Waals surface area contributed by atoms with Gasteiger partial charge in [0.1, 0.15) is 11.3 Å². The van der Waals surface area contributed by atoms with Crippen molar-refractivity contribution in [2.45, 2.75) is 26.4 Å². The SMILES string of the molecule is CC(C)(C)OC(=O)NCCNc1c(N)c2nnnn2c2cnccc12. The first-order valence-electron chi connectivity index (χ1n) is 7.81. The van der Waals surface area contributed by atoms with E-state index in [9.17, 15) is 4.79 Å². The fraction of sp³-hybridized carbons (Fsp3) is 0.400. The average molecular weight is 344 g/mol. The van der Waals surface area contributed by atoms with Crippen molar-refractivity contribution in [3.63, 3.8) is 0 Å². The fourth-order valence-electron chi connectivity index (χ4n) is 2.40. The second kappa shape index (κ2) is 6.38. The minimum atomic E-state index is -0.531. The van der Waals surface area contributed by atoms with E-state index >= 15 is 0 Å². The number of carbonyl (C=O) groups is 1. The standard InChI is InChI=1S/C15H20N8O2/c1-15(2,3)25-14(24)19-7-6-18-12-9-4-5-17-8-10(9)23-13(11(12)16)20-21-22-23/h4-5,8,18H,6-7,16H2,1-3H3,(H,19,24). The van der Waals surface area contributed by atoms with E-state index in [1.807, 2.05) is 26.8 Å². The second-order valence-electron chi connectivity index (χ2n) is 6.45. The van der Waals surface area contributed by atoms with Crippen LogP contribution in [0.15, 0.2) is 18.5 Å². The van der Waals surface area contributed by atoms with Gasteiger partial charge >= 0.3 is 6.09 Å². The number of nitrogens with zero attached hydrogens (tertiary/aromatic N) is 5. The summed E-state index contributed by atoms with van der Waals surface area (Å²) in [6.07, 6.45) is 2.87. The number of fused-ring (bicyclic) bond motifs is 3. The molecule has 0 atom stereocenters. The van der Waals surface area contributed by atoms with Gasteiger partial charge in [-0.25, -0.2) is 4.79 Å². The normalized spacial score (nSPS) is 11.6. The molecular weight excluding hydrogens is 324 g/mol. The van der Waals surface area contributed by atoms with Gasteiger partial charge in [0.2, 0.25) is 5.65 Å². The summed E-state index contributed by atoms with van der Waals surface area (Å²) in [6.45, 7) is 6.27. The molecule has 1 amide bonds. The first kappa shape index (κ1) is 16.7. The van der Waals surface area contributed by atoms with Crippen molar-refractivity contribution < 1.29 is 9.53 Å². The number of ether oxygens (including phenoxy) is 1. The predicted octanol–water partition coefficient (Wildman–Crippen LogP) is 1.19. The van der Waals surface area contributed by atoms with Crippen molar-refractivity contribution in [2.75, 3.05) is 24.1 Å². The first-order valence-corrected chi connectivity index (χ1v) is 7.81. The summed E-state index contributed by atoms with van der Waals surface area (Å²) in [5, 5.41) is 18.3. The lowest BCUT2D eigenvalue weighted by Crippen LogP contribution is -2.35. The lowest BCUT2D eigenvalue weighted by molar-refractivity contribution is 0.0530. The molecule has 3 heterocycles. The maximum atomic E-state index is 11.7. The topological polar surface area (TPSA) is 132 Å². The van der Waals surface area contributed by atoms with Crippen LogP contribution in [0, 0.1) is 0 Å². The van der Waals surface area contributed by atoms with Crippen molar-refractivity contribution >= 4 is 34.0 Å². The molecule has 0 aromatic carbocycles. The van der Waals surface area contributed by atoms with E-state index in [1.54, 1.807) is 16.9 Å². The smallest absolute Gasteiger partial charge is 0.407 e. The average Bonchev–Trinajstić information content (AvgIpc) is 3.02. The van der Waals surface area contributed by atoms with Gasteiger partial charge in [-0.3, -0.25) is 4.98 Å². The number of amides is 1. The number of carbonyl (C=O) groups excluding carboxylic acids is 1. The largest absolute Gasteiger partial charge is 0.444 e. The molecule has 0 saturated heterocycles. The van der Waals surface area contributed by atoms with Crippen LogP contribution in [-0.2, 0) is 4.74 Å². The van der Waals surface area contributed by atoms with Gasteiger partial charge in [-0.15, -0.1) is 5.10 Å². The Balaban J connectivity index is 1.75. The number of nitrogens with two attached hydrogens (primary N) is 1. The third kappa shape index (κ3) is 3.52. The van der Waals surface area contributed by atoms with Gasteiger partial charge in [-0.05, 0) is 37.3 Å². The highest BCUT2D eigenvalue weighted by molar-refractivity contribution is 6.01. The van der Waals surface area contributed by atoms with E-state index in [4.69, 9.17) is 10.5 Å². The maximum Gasteiger partial charge on any atom is 0.407 e. The molecular formula is C15H20N8O2. The molecule has 10 heteroatoms. The van der Waals surface area contributed by atoms with Crippen LogP contribution in [0.1, 0.15) is 20.8 Å². The fourth-order valence-corrected chi connectivity index (χ4v) is 2.40. The summed E-state index contributed by atoms with van der Waals surface area (Å²) in [5.41, 5.74) is 7.98. The predicted molar refractivity (Wildman–Crippen MR) is 93.2 cm³/mol. The quantitative estimate of drug-likeness (QED) is 0.601. The molecule has 0 aliphatic heterocycles. The molecule has 3 rings (SSSR count). The number of nitrogens with one attached hydrogen (secondary N) is 2. The molecule has 3 aromatic rings. The summed E-state index contributed by atoms with van der Waals surface area (Å²) < 4.78 is 6.73. The number of anilines is 2. The minimum absolute atomic E-state index is 0.372. The number of pyridine rings is 2. The van der Waals surface area contributed by atoms with Gasteiger partial charge in [-0.1, -0.05) is 0 Å². The highest BCUT2D eigenvalue weighted by Crippen LogP contribution is 2.31. The highest BCUT2D eigenvalue weighted by Gasteiger charge is 2.16. The lowest BCUT2D eigenvalue weighted by Gasteiger charge is -2.20. The molecule has 25 heavy (non-hydrogen) atoms. The molecule has 10 nitrogen and oxygen atoms in total. The second-order valence-corrected chi connectivity index (χ2v) is 6.45. The Hall–Kier alpha value is -3.17. The Morgan fingerprint density at radius 1 is 1.36 bits per heavy atom. The van der Waals surface area contributed by atoms with E-state index in [2.05, 4.69) is 31.1 Å². The van der Waals surface area contributed by atoms with Crippen molar-refractivity contribution in [3.05, 3.63) is 18.5 Å². The van der Waals surface area contributed by atoms with E-state index in [-0.39, 0.29) is 0 Å². The zero-order valence-corrected chi connectivity index (χ0v) is 14.3. The van der Waals surface area contributed by atoms with Crippen LogP contribution in [0.25, 0.3) is 16.6 Å². The van der Waals surface area contributed by atoms with E-state index < -0.39 is 11.7 Å². The van der Waals surface area contributed by atoms with E-state index in [0.29, 0.717) is 30.1 Å². The van der Waals surface area contributed by atoms with Gasteiger partial charge in [0.15, 0.2) is 0 Å². The number of hydrogen-bond donors (Lipinski definition) is 3. The molecule has 0 fully saturated rings. The first-order chi connectivity index (χ1) is 11.9. The van der Waals surface area contributed by atoms with Gasteiger partial charge < -0.3 is 21.1 Å². The Labute approximate surface area is 143 Å². The Bertz CT molecular complexity index is 915. The zero-order valence-electron chi connectivity index (χ0n) is 14.3. The molecule has 0 saturated carbocycles. The van der Waals surface area contributed by atoms with Gasteiger partial charge in [0, 0.05) is 24.7 Å². The molecule has 0 unspecified atom stereocenters. The van der Waals surface area contributed by atoms with Crippen LogP contribution < -0.4 is 16.4 Å². The summed E-state index contributed by atoms with van der Waals surface area (Å²) in [6, 6.07) is 1.83. The van der Waals surface area contributed by atoms with Gasteiger partial charge in [0.05, 0.1) is 17.4 Å². The molecule has 0 bridgehead atoms. The van der Waals surface area contributed by atoms with Crippen molar-refractivity contribution in [3.8, 4) is 0 Å².